The SMILES string of the molecule is O=c1c(OC2OC(O)C(O)C2OC(O)C2=CC(O)=C(O)C(O)C2)c(-c2ccc(O)c(O)c2)oc2cc(O)cc([O][Al])c12. The highest BCUT2D eigenvalue weighted by Crippen LogP contribution is 2.40. The van der Waals surface area contributed by atoms with Gasteiger partial charge in [0.15, 0.2) is 47.5 Å². The van der Waals surface area contributed by atoms with Crippen LogP contribution in [0.1, 0.15) is 6.42 Å². The Morgan fingerprint density at radius 3 is 2.40 bits per heavy atom. The lowest BCUT2D eigenvalue weighted by molar-refractivity contribution is -0.194. The number of phenols is 3. The summed E-state index contributed by atoms with van der Waals surface area (Å²) in [5.41, 5.74) is -1.16. The highest BCUT2D eigenvalue weighted by molar-refractivity contribution is 6.02. The summed E-state index contributed by atoms with van der Waals surface area (Å²) in [4.78, 5) is 13.8. The fraction of sp³-hybridized carbons (Fsp3) is 0.269. The zero-order chi connectivity index (χ0) is 30.5. The molecule has 9 N–H and O–H groups in total. The van der Waals surface area contributed by atoms with Crippen molar-refractivity contribution in [1.82, 2.24) is 0 Å². The standard InChI is InChI=1S/C26H24O15.Al/c27-10-6-13(30)17-16(7-10)38-21(8-1-2-11(28)12(29)3-8)22(19(17)34)40-26-23(20(35)25(37)41-26)39-24(36)9-4-14(31)18(33)15(32)5-9;/h1-4,6-7,15,20,23-33,35-37H,5H2;/q;+1/p-1. The number of hydrogen-bond acceptors (Lipinski definition) is 15. The van der Waals surface area contributed by atoms with Crippen molar-refractivity contribution >= 4 is 27.6 Å². The van der Waals surface area contributed by atoms with Gasteiger partial charge < -0.3 is 68.4 Å². The molecule has 6 atom stereocenters. The lowest BCUT2D eigenvalue weighted by atomic mass is 9.99. The highest BCUT2D eigenvalue weighted by atomic mass is 27.1. The molecule has 1 aliphatic carbocycles. The number of hydrogen-bond donors (Lipinski definition) is 9. The van der Waals surface area contributed by atoms with Crippen LogP contribution in [0.5, 0.6) is 28.7 Å². The maximum Gasteiger partial charge on any atom is 0.482 e. The number of ether oxygens (including phenoxy) is 3. The molecule has 6 unspecified atom stereocenters. The van der Waals surface area contributed by atoms with Gasteiger partial charge in [0, 0.05) is 24.1 Å². The van der Waals surface area contributed by atoms with Crippen LogP contribution in [0.3, 0.4) is 0 Å². The number of aliphatic hydroxyl groups is 6. The van der Waals surface area contributed by atoms with Gasteiger partial charge in [-0.2, -0.15) is 0 Å². The molecule has 1 aromatic heterocycles. The fourth-order valence-corrected chi connectivity index (χ4v) is 4.68. The topological polar surface area (TPSA) is 249 Å². The Morgan fingerprint density at radius 2 is 1.74 bits per heavy atom. The summed E-state index contributed by atoms with van der Waals surface area (Å²) in [5.74, 6) is -3.90. The summed E-state index contributed by atoms with van der Waals surface area (Å²) in [6.07, 6.45) is -10.1. The molecule has 2 heterocycles. The Kier molecular flexibility index (Phi) is 7.98. The van der Waals surface area contributed by atoms with Crippen molar-refractivity contribution in [3.8, 4) is 40.1 Å². The Bertz CT molecular complexity index is 1650. The zero-order valence-electron chi connectivity index (χ0n) is 21.2. The van der Waals surface area contributed by atoms with E-state index in [1.54, 1.807) is 0 Å². The van der Waals surface area contributed by atoms with Crippen LogP contribution in [0.15, 0.2) is 62.7 Å². The molecule has 2 aliphatic rings. The largest absolute Gasteiger partial charge is 0.653 e. The molecule has 0 spiro atoms. The van der Waals surface area contributed by atoms with Gasteiger partial charge in [0.25, 0.3) is 0 Å². The van der Waals surface area contributed by atoms with Crippen LogP contribution in [0.2, 0.25) is 0 Å². The molecule has 2 aromatic carbocycles. The average molecular weight is 602 g/mol. The van der Waals surface area contributed by atoms with Gasteiger partial charge in [0.05, 0.1) is 5.75 Å². The maximum absolute atomic E-state index is 13.8. The first kappa shape index (κ1) is 29.5. The van der Waals surface area contributed by atoms with Crippen molar-refractivity contribution in [3.05, 3.63) is 63.7 Å². The number of benzene rings is 2. The molecule has 16 heteroatoms. The number of rotatable bonds is 7. The fourth-order valence-electron chi connectivity index (χ4n) is 4.49. The second-order valence-electron chi connectivity index (χ2n) is 9.39. The molecule has 3 aromatic rings. The molecule has 0 bridgehead atoms. The van der Waals surface area contributed by atoms with Crippen molar-refractivity contribution in [2.45, 2.75) is 43.6 Å². The van der Waals surface area contributed by atoms with E-state index < -0.39 is 71.4 Å². The molecule has 42 heavy (non-hydrogen) atoms. The molecule has 220 valence electrons. The molecule has 2 radical (unpaired) electrons. The van der Waals surface area contributed by atoms with Crippen LogP contribution in [0, 0.1) is 0 Å². The summed E-state index contributed by atoms with van der Waals surface area (Å²) < 4.78 is 27.5. The third-order valence-electron chi connectivity index (χ3n) is 6.60. The Hall–Kier alpha value is -3.98. The first-order chi connectivity index (χ1) is 19.9. The molecular weight excluding hydrogens is 579 g/mol. The first-order valence-electron chi connectivity index (χ1n) is 12.1. The van der Waals surface area contributed by atoms with Crippen LogP contribution < -0.4 is 14.0 Å². The van der Waals surface area contributed by atoms with Crippen molar-refractivity contribution in [3.63, 3.8) is 0 Å². The van der Waals surface area contributed by atoms with Gasteiger partial charge in [-0.25, -0.2) is 0 Å². The first-order valence-corrected chi connectivity index (χ1v) is 12.6. The molecule has 1 aliphatic heterocycles. The predicted molar refractivity (Wildman–Crippen MR) is 139 cm³/mol. The summed E-state index contributed by atoms with van der Waals surface area (Å²) in [6, 6.07) is 5.67. The van der Waals surface area contributed by atoms with E-state index in [-0.39, 0.29) is 45.8 Å². The smallest absolute Gasteiger partial charge is 0.482 e. The summed E-state index contributed by atoms with van der Waals surface area (Å²) in [7, 11) is 0. The predicted octanol–water partition coefficient (Wildman–Crippen LogP) is 0.176. The molecule has 1 saturated heterocycles. The number of phenolic OH excluding ortho intramolecular Hbond substituents is 3. The monoisotopic (exact) mass is 602 g/mol. The molecule has 0 amide bonds. The van der Waals surface area contributed by atoms with Gasteiger partial charge in [-0.05, 0) is 29.8 Å². The van der Waals surface area contributed by atoms with Gasteiger partial charge in [-0.1, -0.05) is 0 Å². The van der Waals surface area contributed by atoms with Gasteiger partial charge in [0.1, 0.15) is 28.9 Å². The molecule has 1 fully saturated rings. The normalized spacial score (nSPS) is 25.0. The highest BCUT2D eigenvalue weighted by Gasteiger charge is 2.48. The van der Waals surface area contributed by atoms with Gasteiger partial charge >= 0.3 is 16.6 Å². The molecular formula is C26H23AlO15. The van der Waals surface area contributed by atoms with Crippen LogP contribution in [0.25, 0.3) is 22.3 Å². The van der Waals surface area contributed by atoms with Crippen LogP contribution >= 0.6 is 0 Å². The maximum atomic E-state index is 13.8. The minimum atomic E-state index is -1.92. The van der Waals surface area contributed by atoms with E-state index >= 15 is 0 Å². The Balaban J connectivity index is 1.58. The van der Waals surface area contributed by atoms with Crippen molar-refractivity contribution in [1.29, 1.82) is 0 Å². The van der Waals surface area contributed by atoms with Crippen LogP contribution in [-0.4, -0.2) is 99.8 Å². The average Bonchev–Trinajstić information content (AvgIpc) is 3.20. The van der Waals surface area contributed by atoms with E-state index in [1.165, 1.54) is 6.07 Å². The Labute approximate surface area is 243 Å². The van der Waals surface area contributed by atoms with Crippen molar-refractivity contribution in [2.75, 3.05) is 0 Å². The van der Waals surface area contributed by atoms with Crippen LogP contribution in [0.4, 0.5) is 0 Å². The van der Waals surface area contributed by atoms with Crippen molar-refractivity contribution < 1.29 is 68.4 Å². The Morgan fingerprint density at radius 1 is 1.00 bits per heavy atom. The van der Waals surface area contributed by atoms with E-state index in [9.17, 15) is 50.8 Å². The lowest BCUT2D eigenvalue weighted by Crippen LogP contribution is -2.42. The summed E-state index contributed by atoms with van der Waals surface area (Å²) >= 11 is 1.91. The molecule has 15 nitrogen and oxygen atoms in total. The molecule has 0 saturated carbocycles. The third-order valence-corrected chi connectivity index (χ3v) is 6.86. The van der Waals surface area contributed by atoms with Gasteiger partial charge in [0.2, 0.25) is 17.5 Å². The number of allylic oxidation sites excluding steroid dienone is 1. The van der Waals surface area contributed by atoms with E-state index in [1.807, 2.05) is 16.6 Å². The number of aliphatic hydroxyl groups excluding tert-OH is 6. The third kappa shape index (κ3) is 5.33. The zero-order valence-corrected chi connectivity index (χ0v) is 22.3. The minimum absolute atomic E-state index is 0.0102. The second-order valence-corrected chi connectivity index (χ2v) is 9.63. The number of fused-ring (bicyclic) bond motifs is 1. The summed E-state index contributed by atoms with van der Waals surface area (Å²) in [5, 5.41) is 90.4. The molecule has 5 rings (SSSR count). The van der Waals surface area contributed by atoms with E-state index in [0.29, 0.717) is 0 Å². The van der Waals surface area contributed by atoms with Crippen molar-refractivity contribution in [2.24, 2.45) is 0 Å². The van der Waals surface area contributed by atoms with E-state index in [0.717, 1.165) is 30.3 Å². The lowest BCUT2D eigenvalue weighted by Gasteiger charge is -2.27. The van der Waals surface area contributed by atoms with E-state index in [4.69, 9.17) is 22.4 Å². The van der Waals surface area contributed by atoms with Gasteiger partial charge in [-0.15, -0.1) is 0 Å². The van der Waals surface area contributed by atoms with E-state index in [2.05, 4.69) is 0 Å². The van der Waals surface area contributed by atoms with Gasteiger partial charge in [-0.3, -0.25) is 4.79 Å². The number of aromatic hydroxyl groups is 3. The minimum Gasteiger partial charge on any atom is -0.653 e. The summed E-state index contributed by atoms with van der Waals surface area (Å²) in [6.45, 7) is 0. The quantitative estimate of drug-likeness (QED) is 0.0994. The van der Waals surface area contributed by atoms with Crippen LogP contribution in [-0.2, 0) is 9.47 Å². The second kappa shape index (κ2) is 11.4.